The van der Waals surface area contributed by atoms with E-state index in [-0.39, 0.29) is 11.7 Å². The number of carbonyl (C=O) groups excluding carboxylic acids is 1. The molecule has 0 bridgehead atoms. The van der Waals surface area contributed by atoms with Crippen molar-refractivity contribution in [2.75, 3.05) is 26.2 Å². The minimum Gasteiger partial charge on any atom is -0.337 e. The second-order valence-corrected chi connectivity index (χ2v) is 8.98. The van der Waals surface area contributed by atoms with E-state index in [1.165, 1.54) is 18.9 Å². The third-order valence-electron chi connectivity index (χ3n) is 6.96. The normalized spacial score (nSPS) is 20.7. The Morgan fingerprint density at radius 3 is 2.76 bits per heavy atom. The van der Waals surface area contributed by atoms with Crippen molar-refractivity contribution in [3.63, 3.8) is 0 Å². The molecule has 1 saturated heterocycles. The van der Waals surface area contributed by atoms with Crippen molar-refractivity contribution in [1.82, 2.24) is 20.0 Å². The SMILES string of the molecule is Cc1c(F)cccc1C1CCN(C(=O)c2n[nH]c3c2CN(CC2CC2)CC3)CC1. The van der Waals surface area contributed by atoms with E-state index in [0.717, 1.165) is 67.2 Å². The molecule has 29 heavy (non-hydrogen) atoms. The van der Waals surface area contributed by atoms with Gasteiger partial charge in [-0.15, -0.1) is 0 Å². The van der Waals surface area contributed by atoms with Gasteiger partial charge in [0.05, 0.1) is 0 Å². The number of H-pyrrole nitrogens is 1. The molecule has 0 spiro atoms. The number of aromatic nitrogens is 2. The quantitative estimate of drug-likeness (QED) is 0.858. The Morgan fingerprint density at radius 2 is 2.00 bits per heavy atom. The number of likely N-dealkylation sites (tertiary alicyclic amines) is 1. The third kappa shape index (κ3) is 3.70. The first-order valence-electron chi connectivity index (χ1n) is 10.9. The predicted octanol–water partition coefficient (Wildman–Crippen LogP) is 3.65. The Balaban J connectivity index is 1.26. The fraction of sp³-hybridized carbons (Fsp3) is 0.565. The zero-order valence-electron chi connectivity index (χ0n) is 17.1. The Morgan fingerprint density at radius 1 is 1.21 bits per heavy atom. The second kappa shape index (κ2) is 7.56. The van der Waals surface area contributed by atoms with Crippen molar-refractivity contribution < 1.29 is 9.18 Å². The van der Waals surface area contributed by atoms with Crippen LogP contribution in [0, 0.1) is 18.7 Å². The number of nitrogens with zero attached hydrogens (tertiary/aromatic N) is 3. The highest BCUT2D eigenvalue weighted by molar-refractivity contribution is 5.94. The molecule has 5 rings (SSSR count). The van der Waals surface area contributed by atoms with Gasteiger partial charge in [0, 0.05) is 50.4 Å². The van der Waals surface area contributed by atoms with Crippen molar-refractivity contribution in [3.8, 4) is 0 Å². The number of aromatic amines is 1. The van der Waals surface area contributed by atoms with Crippen LogP contribution in [0.4, 0.5) is 4.39 Å². The molecule has 1 aromatic heterocycles. The van der Waals surface area contributed by atoms with Gasteiger partial charge in [-0.25, -0.2) is 4.39 Å². The van der Waals surface area contributed by atoms with Crippen LogP contribution in [-0.2, 0) is 13.0 Å². The van der Waals surface area contributed by atoms with Gasteiger partial charge in [0.1, 0.15) is 5.82 Å². The number of hydrogen-bond donors (Lipinski definition) is 1. The summed E-state index contributed by atoms with van der Waals surface area (Å²) in [5.41, 5.74) is 4.68. The number of nitrogens with one attached hydrogen (secondary N) is 1. The van der Waals surface area contributed by atoms with Crippen molar-refractivity contribution >= 4 is 5.91 Å². The second-order valence-electron chi connectivity index (χ2n) is 8.98. The lowest BCUT2D eigenvalue weighted by Gasteiger charge is -2.33. The molecule has 0 unspecified atom stereocenters. The van der Waals surface area contributed by atoms with E-state index >= 15 is 0 Å². The van der Waals surface area contributed by atoms with E-state index < -0.39 is 0 Å². The zero-order valence-corrected chi connectivity index (χ0v) is 17.1. The number of piperidine rings is 1. The maximum atomic E-state index is 13.9. The lowest BCUT2D eigenvalue weighted by molar-refractivity contribution is 0.0704. The molecule has 1 saturated carbocycles. The molecule has 0 radical (unpaired) electrons. The Kier molecular flexibility index (Phi) is 4.90. The fourth-order valence-corrected chi connectivity index (χ4v) is 4.96. The van der Waals surface area contributed by atoms with Gasteiger partial charge in [0.2, 0.25) is 0 Å². The van der Waals surface area contributed by atoms with Crippen LogP contribution in [0.15, 0.2) is 18.2 Å². The first kappa shape index (κ1) is 18.8. The van der Waals surface area contributed by atoms with Crippen LogP contribution in [0.25, 0.3) is 0 Å². The van der Waals surface area contributed by atoms with Crippen LogP contribution >= 0.6 is 0 Å². The van der Waals surface area contributed by atoms with Gasteiger partial charge in [0.25, 0.3) is 5.91 Å². The number of halogens is 1. The summed E-state index contributed by atoms with van der Waals surface area (Å²) in [6.45, 7) is 6.29. The first-order chi connectivity index (χ1) is 14.1. The monoisotopic (exact) mass is 396 g/mol. The standard InChI is InChI=1S/C23H29FN4O/c1-15-18(3-2-4-20(15)24)17-7-11-28(12-8-17)23(29)22-19-14-27(13-16-5-6-16)10-9-21(19)25-26-22/h2-4,16-17H,5-14H2,1H3,(H,25,26). The number of rotatable bonds is 4. The molecule has 1 amide bonds. The van der Waals surface area contributed by atoms with E-state index in [0.29, 0.717) is 24.7 Å². The van der Waals surface area contributed by atoms with E-state index in [1.54, 1.807) is 6.07 Å². The summed E-state index contributed by atoms with van der Waals surface area (Å²) in [7, 11) is 0. The minimum atomic E-state index is -0.139. The molecule has 2 fully saturated rings. The van der Waals surface area contributed by atoms with Crippen LogP contribution in [0.1, 0.15) is 64.5 Å². The highest BCUT2D eigenvalue weighted by Gasteiger charge is 2.32. The number of carbonyl (C=O) groups is 1. The first-order valence-corrected chi connectivity index (χ1v) is 10.9. The molecule has 3 heterocycles. The largest absolute Gasteiger partial charge is 0.337 e. The molecular formula is C23H29FN4O. The van der Waals surface area contributed by atoms with E-state index in [1.807, 2.05) is 17.9 Å². The molecule has 3 aliphatic rings. The molecule has 2 aliphatic heterocycles. The van der Waals surface area contributed by atoms with Crippen molar-refractivity contribution in [2.24, 2.45) is 5.92 Å². The molecule has 154 valence electrons. The highest BCUT2D eigenvalue weighted by Crippen LogP contribution is 2.33. The molecule has 1 N–H and O–H groups in total. The number of benzene rings is 1. The summed E-state index contributed by atoms with van der Waals surface area (Å²) in [6, 6.07) is 5.34. The van der Waals surface area contributed by atoms with Crippen LogP contribution in [0.5, 0.6) is 0 Å². The van der Waals surface area contributed by atoms with Crippen LogP contribution < -0.4 is 0 Å². The van der Waals surface area contributed by atoms with Crippen molar-refractivity contribution in [2.45, 2.75) is 51.5 Å². The average molecular weight is 397 g/mol. The zero-order chi connectivity index (χ0) is 20.0. The maximum Gasteiger partial charge on any atom is 0.274 e. The Labute approximate surface area is 171 Å². The Hall–Kier alpha value is -2.21. The van der Waals surface area contributed by atoms with Gasteiger partial charge in [0.15, 0.2) is 5.69 Å². The number of amides is 1. The summed E-state index contributed by atoms with van der Waals surface area (Å²) in [6.07, 6.45) is 5.39. The summed E-state index contributed by atoms with van der Waals surface area (Å²) >= 11 is 0. The van der Waals surface area contributed by atoms with Crippen molar-refractivity contribution in [1.29, 1.82) is 0 Å². The topological polar surface area (TPSA) is 52.2 Å². The number of fused-ring (bicyclic) bond motifs is 1. The van der Waals surface area contributed by atoms with Crippen LogP contribution in [0.3, 0.4) is 0 Å². The summed E-state index contributed by atoms with van der Waals surface area (Å²) in [5.74, 6) is 1.08. The highest BCUT2D eigenvalue weighted by atomic mass is 19.1. The molecule has 6 heteroatoms. The third-order valence-corrected chi connectivity index (χ3v) is 6.96. The lowest BCUT2D eigenvalue weighted by atomic mass is 9.86. The molecular weight excluding hydrogens is 367 g/mol. The minimum absolute atomic E-state index is 0.0465. The molecule has 5 nitrogen and oxygen atoms in total. The van der Waals surface area contributed by atoms with Gasteiger partial charge in [-0.1, -0.05) is 12.1 Å². The Bertz CT molecular complexity index is 912. The molecule has 1 aromatic carbocycles. The fourth-order valence-electron chi connectivity index (χ4n) is 4.96. The van der Waals surface area contributed by atoms with Crippen molar-refractivity contribution in [3.05, 3.63) is 52.1 Å². The lowest BCUT2D eigenvalue weighted by Crippen LogP contribution is -2.39. The molecule has 1 aliphatic carbocycles. The summed E-state index contributed by atoms with van der Waals surface area (Å²) in [5, 5.41) is 7.53. The van der Waals surface area contributed by atoms with Gasteiger partial charge < -0.3 is 4.90 Å². The van der Waals surface area contributed by atoms with Gasteiger partial charge in [-0.3, -0.25) is 14.8 Å². The van der Waals surface area contributed by atoms with E-state index in [4.69, 9.17) is 0 Å². The van der Waals surface area contributed by atoms with E-state index in [9.17, 15) is 9.18 Å². The maximum absolute atomic E-state index is 13.9. The molecule has 0 atom stereocenters. The summed E-state index contributed by atoms with van der Waals surface area (Å²) in [4.78, 5) is 17.6. The molecule has 2 aromatic rings. The summed E-state index contributed by atoms with van der Waals surface area (Å²) < 4.78 is 13.9. The number of hydrogen-bond acceptors (Lipinski definition) is 3. The van der Waals surface area contributed by atoms with Gasteiger partial charge >= 0.3 is 0 Å². The average Bonchev–Trinajstić information content (AvgIpc) is 3.45. The van der Waals surface area contributed by atoms with Gasteiger partial charge in [-0.05, 0) is 61.6 Å². The van der Waals surface area contributed by atoms with Crippen LogP contribution in [0.2, 0.25) is 0 Å². The van der Waals surface area contributed by atoms with E-state index in [2.05, 4.69) is 15.1 Å². The van der Waals surface area contributed by atoms with Crippen LogP contribution in [-0.4, -0.2) is 52.1 Å². The van der Waals surface area contributed by atoms with Gasteiger partial charge in [-0.2, -0.15) is 5.10 Å². The predicted molar refractivity (Wildman–Crippen MR) is 109 cm³/mol. The smallest absolute Gasteiger partial charge is 0.274 e.